The molecule has 1 aliphatic heterocycles. The van der Waals surface area contributed by atoms with Crippen molar-refractivity contribution < 1.29 is 9.72 Å². The van der Waals surface area contributed by atoms with Crippen LogP contribution < -0.4 is 11.1 Å². The SMILES string of the molecule is CN1CCC(CNc2cc(C(N)=O)ccc2[N+](=O)[O-])C1. The predicted molar refractivity (Wildman–Crippen MR) is 75.7 cm³/mol. The summed E-state index contributed by atoms with van der Waals surface area (Å²) < 4.78 is 0. The van der Waals surface area contributed by atoms with Crippen LogP contribution in [-0.2, 0) is 0 Å². The summed E-state index contributed by atoms with van der Waals surface area (Å²) in [6.07, 6.45) is 1.06. The Balaban J connectivity index is 2.13. The van der Waals surface area contributed by atoms with Crippen LogP contribution in [0.3, 0.4) is 0 Å². The average molecular weight is 278 g/mol. The fourth-order valence-corrected chi connectivity index (χ4v) is 2.44. The van der Waals surface area contributed by atoms with E-state index in [-0.39, 0.29) is 11.3 Å². The summed E-state index contributed by atoms with van der Waals surface area (Å²) in [5, 5.41) is 14.1. The van der Waals surface area contributed by atoms with Gasteiger partial charge in [0, 0.05) is 24.7 Å². The Bertz CT molecular complexity index is 532. The minimum absolute atomic E-state index is 0.0404. The van der Waals surface area contributed by atoms with Gasteiger partial charge in [-0.2, -0.15) is 0 Å². The Morgan fingerprint density at radius 1 is 1.60 bits per heavy atom. The number of rotatable bonds is 5. The molecule has 3 N–H and O–H groups in total. The van der Waals surface area contributed by atoms with E-state index in [1.165, 1.54) is 18.2 Å². The molecule has 7 nitrogen and oxygen atoms in total. The van der Waals surface area contributed by atoms with Crippen LogP contribution in [-0.4, -0.2) is 42.4 Å². The molecular weight excluding hydrogens is 260 g/mol. The number of hydrogen-bond acceptors (Lipinski definition) is 5. The van der Waals surface area contributed by atoms with Gasteiger partial charge < -0.3 is 16.0 Å². The van der Waals surface area contributed by atoms with Crippen LogP contribution in [0.2, 0.25) is 0 Å². The van der Waals surface area contributed by atoms with Crippen molar-refractivity contribution in [3.05, 3.63) is 33.9 Å². The number of nitro groups is 1. The highest BCUT2D eigenvalue weighted by molar-refractivity contribution is 5.94. The number of nitro benzene ring substituents is 1. The number of anilines is 1. The monoisotopic (exact) mass is 278 g/mol. The molecule has 1 aromatic carbocycles. The summed E-state index contributed by atoms with van der Waals surface area (Å²) in [6.45, 7) is 2.65. The number of carbonyl (C=O) groups excluding carboxylic acids is 1. The molecule has 0 radical (unpaired) electrons. The van der Waals surface area contributed by atoms with E-state index >= 15 is 0 Å². The molecular formula is C13H18N4O3. The zero-order chi connectivity index (χ0) is 14.7. The van der Waals surface area contributed by atoms with Crippen molar-refractivity contribution in [3.63, 3.8) is 0 Å². The minimum Gasteiger partial charge on any atom is -0.379 e. The first-order valence-corrected chi connectivity index (χ1v) is 6.48. The molecule has 1 amide bonds. The largest absolute Gasteiger partial charge is 0.379 e. The van der Waals surface area contributed by atoms with Crippen molar-refractivity contribution >= 4 is 17.3 Å². The van der Waals surface area contributed by atoms with Crippen molar-refractivity contribution in [1.29, 1.82) is 0 Å². The Labute approximate surface area is 116 Å². The molecule has 1 saturated heterocycles. The molecule has 0 saturated carbocycles. The number of primary amides is 1. The van der Waals surface area contributed by atoms with Crippen LogP contribution in [0.5, 0.6) is 0 Å². The molecule has 0 spiro atoms. The smallest absolute Gasteiger partial charge is 0.292 e. The van der Waals surface area contributed by atoms with Gasteiger partial charge in [-0.05, 0) is 38.1 Å². The highest BCUT2D eigenvalue weighted by Crippen LogP contribution is 2.26. The van der Waals surface area contributed by atoms with Crippen molar-refractivity contribution in [2.24, 2.45) is 11.7 Å². The second-order valence-corrected chi connectivity index (χ2v) is 5.15. The fourth-order valence-electron chi connectivity index (χ4n) is 2.44. The van der Waals surface area contributed by atoms with Crippen molar-refractivity contribution in [1.82, 2.24) is 4.90 Å². The lowest BCUT2D eigenvalue weighted by atomic mass is 10.1. The average Bonchev–Trinajstić information content (AvgIpc) is 2.81. The number of nitrogens with one attached hydrogen (secondary N) is 1. The number of amides is 1. The molecule has 1 atom stereocenters. The zero-order valence-electron chi connectivity index (χ0n) is 11.3. The molecule has 20 heavy (non-hydrogen) atoms. The first kappa shape index (κ1) is 14.3. The molecule has 108 valence electrons. The Kier molecular flexibility index (Phi) is 4.19. The standard InChI is InChI=1S/C13H18N4O3/c1-16-5-4-9(8-16)7-15-11-6-10(13(14)18)2-3-12(11)17(19)20/h2-3,6,9,15H,4-5,7-8H2,1H3,(H2,14,18). The Morgan fingerprint density at radius 2 is 2.35 bits per heavy atom. The van der Waals surface area contributed by atoms with Crippen molar-refractivity contribution in [2.75, 3.05) is 32.0 Å². The lowest BCUT2D eigenvalue weighted by Gasteiger charge is -2.13. The summed E-state index contributed by atoms with van der Waals surface area (Å²) in [5.41, 5.74) is 5.78. The lowest BCUT2D eigenvalue weighted by molar-refractivity contribution is -0.384. The first-order valence-electron chi connectivity index (χ1n) is 6.48. The number of nitrogens with two attached hydrogens (primary N) is 1. The number of hydrogen-bond donors (Lipinski definition) is 2. The molecule has 1 aliphatic rings. The highest BCUT2D eigenvalue weighted by Gasteiger charge is 2.21. The topological polar surface area (TPSA) is 102 Å². The van der Waals surface area contributed by atoms with Crippen LogP contribution in [0.15, 0.2) is 18.2 Å². The van der Waals surface area contributed by atoms with Gasteiger partial charge in [-0.1, -0.05) is 0 Å². The van der Waals surface area contributed by atoms with Crippen LogP contribution in [0.4, 0.5) is 11.4 Å². The molecule has 0 aliphatic carbocycles. The maximum atomic E-state index is 11.2. The van der Waals surface area contributed by atoms with Crippen molar-refractivity contribution in [2.45, 2.75) is 6.42 Å². The molecule has 1 unspecified atom stereocenters. The van der Waals surface area contributed by atoms with E-state index in [2.05, 4.69) is 17.3 Å². The van der Waals surface area contributed by atoms with E-state index < -0.39 is 10.8 Å². The number of benzene rings is 1. The summed E-state index contributed by atoms with van der Waals surface area (Å²) in [7, 11) is 2.05. The molecule has 1 heterocycles. The van der Waals surface area contributed by atoms with Gasteiger partial charge in [0.25, 0.3) is 5.69 Å². The maximum absolute atomic E-state index is 11.2. The van der Waals surface area contributed by atoms with Gasteiger partial charge in [-0.25, -0.2) is 0 Å². The number of likely N-dealkylation sites (tertiary alicyclic amines) is 1. The first-order chi connectivity index (χ1) is 9.47. The third-order valence-corrected chi connectivity index (χ3v) is 3.55. The van der Waals surface area contributed by atoms with E-state index in [0.717, 1.165) is 19.5 Å². The normalized spacial score (nSPS) is 18.9. The van der Waals surface area contributed by atoms with Gasteiger partial charge in [-0.3, -0.25) is 14.9 Å². The molecule has 0 aromatic heterocycles. The van der Waals surface area contributed by atoms with Gasteiger partial charge in [0.05, 0.1) is 4.92 Å². The second kappa shape index (κ2) is 5.87. The highest BCUT2D eigenvalue weighted by atomic mass is 16.6. The van der Waals surface area contributed by atoms with E-state index in [1.54, 1.807) is 0 Å². The molecule has 7 heteroatoms. The summed E-state index contributed by atoms with van der Waals surface area (Å²) >= 11 is 0. The third-order valence-electron chi connectivity index (χ3n) is 3.55. The van der Waals surface area contributed by atoms with Gasteiger partial charge in [0.2, 0.25) is 5.91 Å². The lowest BCUT2D eigenvalue weighted by Crippen LogP contribution is -2.20. The van der Waals surface area contributed by atoms with E-state index in [9.17, 15) is 14.9 Å². The Morgan fingerprint density at radius 3 is 2.90 bits per heavy atom. The van der Waals surface area contributed by atoms with Crippen LogP contribution in [0.25, 0.3) is 0 Å². The second-order valence-electron chi connectivity index (χ2n) is 5.15. The van der Waals surface area contributed by atoms with Crippen LogP contribution in [0.1, 0.15) is 16.8 Å². The fraction of sp³-hybridized carbons (Fsp3) is 0.462. The summed E-state index contributed by atoms with van der Waals surface area (Å²) in [6, 6.07) is 4.12. The molecule has 1 aromatic rings. The van der Waals surface area contributed by atoms with Gasteiger partial charge in [0.15, 0.2) is 0 Å². The van der Waals surface area contributed by atoms with E-state index in [4.69, 9.17) is 5.73 Å². The predicted octanol–water partition coefficient (Wildman–Crippen LogP) is 1.06. The minimum atomic E-state index is -0.594. The van der Waals surface area contributed by atoms with E-state index in [1.807, 2.05) is 0 Å². The van der Waals surface area contributed by atoms with Gasteiger partial charge in [-0.15, -0.1) is 0 Å². The van der Waals surface area contributed by atoms with Gasteiger partial charge in [0.1, 0.15) is 5.69 Å². The number of carbonyl (C=O) groups is 1. The quantitative estimate of drug-likeness (QED) is 0.619. The Hall–Kier alpha value is -2.15. The van der Waals surface area contributed by atoms with Crippen LogP contribution in [0, 0.1) is 16.0 Å². The van der Waals surface area contributed by atoms with Crippen LogP contribution >= 0.6 is 0 Å². The summed E-state index contributed by atoms with van der Waals surface area (Å²) in [4.78, 5) is 23.9. The molecule has 0 bridgehead atoms. The maximum Gasteiger partial charge on any atom is 0.292 e. The van der Waals surface area contributed by atoms with Crippen molar-refractivity contribution in [3.8, 4) is 0 Å². The molecule has 2 rings (SSSR count). The third kappa shape index (κ3) is 3.24. The summed E-state index contributed by atoms with van der Waals surface area (Å²) in [5.74, 6) is -0.139. The van der Waals surface area contributed by atoms with Gasteiger partial charge >= 0.3 is 0 Å². The molecule has 1 fully saturated rings. The van der Waals surface area contributed by atoms with E-state index in [0.29, 0.717) is 18.2 Å². The number of nitrogens with zero attached hydrogens (tertiary/aromatic N) is 2. The zero-order valence-corrected chi connectivity index (χ0v) is 11.3.